The SMILES string of the molecule is O=C(F)[C@@H]1C[C@H](F)CN1. The topological polar surface area (TPSA) is 29.1 Å². The Labute approximate surface area is 51.2 Å². The minimum atomic E-state index is -1.46. The van der Waals surface area contributed by atoms with E-state index in [9.17, 15) is 13.6 Å². The molecule has 52 valence electrons. The van der Waals surface area contributed by atoms with Gasteiger partial charge in [-0.25, -0.2) is 4.39 Å². The first-order valence-corrected chi connectivity index (χ1v) is 2.77. The summed E-state index contributed by atoms with van der Waals surface area (Å²) in [7, 11) is 0. The van der Waals surface area contributed by atoms with Gasteiger partial charge in [-0.1, -0.05) is 0 Å². The second-order valence-corrected chi connectivity index (χ2v) is 2.10. The standard InChI is InChI=1S/C5H7F2NO/c6-3-1-4(5(7)9)8-2-3/h3-4,8H,1-2H2/t3-,4-/m0/s1. The molecule has 0 unspecified atom stereocenters. The van der Waals surface area contributed by atoms with Gasteiger partial charge in [-0.3, -0.25) is 4.79 Å². The molecule has 1 aliphatic heterocycles. The maximum Gasteiger partial charge on any atom is 0.318 e. The number of hydrogen-bond acceptors (Lipinski definition) is 2. The molecule has 0 spiro atoms. The first-order chi connectivity index (χ1) is 4.20. The molecule has 1 saturated heterocycles. The Balaban J connectivity index is 2.39. The average Bonchev–Trinajstić information content (AvgIpc) is 2.14. The van der Waals surface area contributed by atoms with Crippen LogP contribution in [-0.2, 0) is 4.79 Å². The molecule has 1 fully saturated rings. The number of carbonyl (C=O) groups is 1. The minimum absolute atomic E-state index is 0.0185. The number of halogens is 2. The van der Waals surface area contributed by atoms with Crippen molar-refractivity contribution in [3.63, 3.8) is 0 Å². The van der Waals surface area contributed by atoms with Gasteiger partial charge in [0.15, 0.2) is 0 Å². The highest BCUT2D eigenvalue weighted by Gasteiger charge is 2.28. The third-order valence-corrected chi connectivity index (χ3v) is 1.35. The van der Waals surface area contributed by atoms with Gasteiger partial charge in [0.05, 0.1) is 0 Å². The van der Waals surface area contributed by atoms with Gasteiger partial charge < -0.3 is 5.32 Å². The highest BCUT2D eigenvalue weighted by Crippen LogP contribution is 2.10. The zero-order valence-electron chi connectivity index (χ0n) is 4.73. The van der Waals surface area contributed by atoms with Crippen molar-refractivity contribution < 1.29 is 13.6 Å². The Morgan fingerprint density at radius 1 is 1.67 bits per heavy atom. The summed E-state index contributed by atoms with van der Waals surface area (Å²) in [5.74, 6) is 0. The lowest BCUT2D eigenvalue weighted by Crippen LogP contribution is -2.27. The Hall–Kier alpha value is -0.510. The fourth-order valence-corrected chi connectivity index (χ4v) is 0.865. The van der Waals surface area contributed by atoms with Crippen molar-refractivity contribution >= 4 is 6.04 Å². The van der Waals surface area contributed by atoms with Gasteiger partial charge in [-0.15, -0.1) is 0 Å². The highest BCUT2D eigenvalue weighted by molar-refractivity contribution is 5.74. The molecule has 4 heteroatoms. The van der Waals surface area contributed by atoms with Crippen LogP contribution in [-0.4, -0.2) is 24.8 Å². The summed E-state index contributed by atoms with van der Waals surface area (Å²) >= 11 is 0. The van der Waals surface area contributed by atoms with E-state index in [4.69, 9.17) is 0 Å². The smallest absolute Gasteiger partial charge is 0.302 e. The molecule has 0 saturated carbocycles. The van der Waals surface area contributed by atoms with E-state index in [1.807, 2.05) is 0 Å². The number of alkyl halides is 1. The summed E-state index contributed by atoms with van der Waals surface area (Å²) in [4.78, 5) is 9.90. The fourth-order valence-electron chi connectivity index (χ4n) is 0.865. The summed E-state index contributed by atoms with van der Waals surface area (Å²) in [6, 6.07) is -2.35. The van der Waals surface area contributed by atoms with Crippen molar-refractivity contribution in [3.8, 4) is 0 Å². The molecule has 0 aliphatic carbocycles. The van der Waals surface area contributed by atoms with Gasteiger partial charge in [0.25, 0.3) is 0 Å². The third-order valence-electron chi connectivity index (χ3n) is 1.35. The molecule has 0 radical (unpaired) electrons. The van der Waals surface area contributed by atoms with Crippen LogP contribution in [0.25, 0.3) is 0 Å². The van der Waals surface area contributed by atoms with Crippen molar-refractivity contribution in [2.24, 2.45) is 0 Å². The van der Waals surface area contributed by atoms with Gasteiger partial charge in [0, 0.05) is 13.0 Å². The summed E-state index contributed by atoms with van der Waals surface area (Å²) < 4.78 is 23.9. The predicted octanol–water partition coefficient (Wildman–Crippen LogP) is 0.183. The third kappa shape index (κ3) is 1.45. The van der Waals surface area contributed by atoms with Crippen LogP contribution in [0.15, 0.2) is 0 Å². The molecule has 1 N–H and O–H groups in total. The molecule has 1 rings (SSSR count). The first kappa shape index (κ1) is 6.61. The molecule has 2 atom stereocenters. The fraction of sp³-hybridized carbons (Fsp3) is 0.800. The largest absolute Gasteiger partial charge is 0.318 e. The normalized spacial score (nSPS) is 34.9. The van der Waals surface area contributed by atoms with E-state index in [0.717, 1.165) is 0 Å². The van der Waals surface area contributed by atoms with Crippen LogP contribution < -0.4 is 5.32 Å². The molecular weight excluding hydrogens is 128 g/mol. The number of hydrogen-bond donors (Lipinski definition) is 1. The van der Waals surface area contributed by atoms with Crippen molar-refractivity contribution in [1.29, 1.82) is 0 Å². The van der Waals surface area contributed by atoms with Crippen LogP contribution >= 0.6 is 0 Å². The molecular formula is C5H7F2NO. The zero-order chi connectivity index (χ0) is 6.85. The molecule has 0 aromatic rings. The number of rotatable bonds is 1. The molecule has 9 heavy (non-hydrogen) atoms. The van der Waals surface area contributed by atoms with Crippen LogP contribution in [0.5, 0.6) is 0 Å². The Bertz CT molecular complexity index is 128. The summed E-state index contributed by atoms with van der Waals surface area (Å²) in [5, 5.41) is 2.41. The maximum atomic E-state index is 12.2. The van der Waals surface area contributed by atoms with Crippen LogP contribution in [0.2, 0.25) is 0 Å². The van der Waals surface area contributed by atoms with Crippen LogP contribution in [0.1, 0.15) is 6.42 Å². The van der Waals surface area contributed by atoms with E-state index in [1.165, 1.54) is 0 Å². The quantitative estimate of drug-likeness (QED) is 0.520. The molecule has 0 amide bonds. The maximum absolute atomic E-state index is 12.2. The Morgan fingerprint density at radius 2 is 2.33 bits per heavy atom. The van der Waals surface area contributed by atoms with Crippen LogP contribution in [0.4, 0.5) is 8.78 Å². The van der Waals surface area contributed by atoms with Crippen molar-refractivity contribution in [1.82, 2.24) is 5.32 Å². The molecule has 2 nitrogen and oxygen atoms in total. The lowest BCUT2D eigenvalue weighted by Gasteiger charge is -1.97. The highest BCUT2D eigenvalue weighted by atomic mass is 19.1. The lowest BCUT2D eigenvalue weighted by molar-refractivity contribution is -0.131. The van der Waals surface area contributed by atoms with Crippen molar-refractivity contribution in [2.75, 3.05) is 6.54 Å². The van der Waals surface area contributed by atoms with E-state index in [-0.39, 0.29) is 13.0 Å². The Morgan fingerprint density at radius 3 is 2.56 bits per heavy atom. The van der Waals surface area contributed by atoms with E-state index < -0.39 is 18.3 Å². The minimum Gasteiger partial charge on any atom is -0.302 e. The van der Waals surface area contributed by atoms with E-state index in [2.05, 4.69) is 5.32 Å². The van der Waals surface area contributed by atoms with Crippen molar-refractivity contribution in [2.45, 2.75) is 18.6 Å². The van der Waals surface area contributed by atoms with Gasteiger partial charge in [-0.05, 0) is 0 Å². The molecule has 0 aromatic heterocycles. The predicted molar refractivity (Wildman–Crippen MR) is 27.4 cm³/mol. The lowest BCUT2D eigenvalue weighted by atomic mass is 10.2. The Kier molecular flexibility index (Phi) is 1.75. The summed E-state index contributed by atoms with van der Waals surface area (Å²) in [6.07, 6.45) is -1.08. The molecule has 0 bridgehead atoms. The first-order valence-electron chi connectivity index (χ1n) is 2.77. The van der Waals surface area contributed by atoms with Crippen molar-refractivity contribution in [3.05, 3.63) is 0 Å². The van der Waals surface area contributed by atoms with E-state index >= 15 is 0 Å². The number of nitrogens with one attached hydrogen (secondary N) is 1. The zero-order valence-corrected chi connectivity index (χ0v) is 4.73. The molecule has 1 aliphatic rings. The number of carbonyl (C=O) groups excluding carboxylic acids is 1. The second kappa shape index (κ2) is 2.39. The van der Waals surface area contributed by atoms with E-state index in [0.29, 0.717) is 0 Å². The summed E-state index contributed by atoms with van der Waals surface area (Å²) in [6.45, 7) is 0.0975. The van der Waals surface area contributed by atoms with Crippen LogP contribution in [0, 0.1) is 0 Å². The average molecular weight is 135 g/mol. The van der Waals surface area contributed by atoms with E-state index in [1.54, 1.807) is 0 Å². The second-order valence-electron chi connectivity index (χ2n) is 2.10. The summed E-state index contributed by atoms with van der Waals surface area (Å²) in [5.41, 5.74) is 0. The molecule has 1 heterocycles. The van der Waals surface area contributed by atoms with Crippen LogP contribution in [0.3, 0.4) is 0 Å². The monoisotopic (exact) mass is 135 g/mol. The van der Waals surface area contributed by atoms with Gasteiger partial charge in [-0.2, -0.15) is 4.39 Å². The van der Waals surface area contributed by atoms with Gasteiger partial charge in [0.1, 0.15) is 12.2 Å². The molecule has 0 aromatic carbocycles. The van der Waals surface area contributed by atoms with Gasteiger partial charge in [0.2, 0.25) is 0 Å². The van der Waals surface area contributed by atoms with Gasteiger partial charge >= 0.3 is 6.04 Å².